The van der Waals surface area contributed by atoms with Gasteiger partial charge in [-0.2, -0.15) is 4.98 Å². The smallest absolute Gasteiger partial charge is 0.408 e. The molecular formula is C21H26N6O6. The Morgan fingerprint density at radius 3 is 2.67 bits per heavy atom. The van der Waals surface area contributed by atoms with Gasteiger partial charge in [-0.3, -0.25) is 14.3 Å². The number of nitrogens with two attached hydrogens (primary N) is 1. The first-order valence-corrected chi connectivity index (χ1v) is 10.3. The van der Waals surface area contributed by atoms with Crippen LogP contribution in [0.25, 0.3) is 11.2 Å². The average Bonchev–Trinajstić information content (AvgIpc) is 3.19. The number of hydrogen-bond acceptors (Lipinski definition) is 9. The second-order valence-electron chi connectivity index (χ2n) is 7.47. The van der Waals surface area contributed by atoms with Crippen molar-refractivity contribution in [3.63, 3.8) is 0 Å². The first kappa shape index (κ1) is 23.7. The van der Waals surface area contributed by atoms with E-state index in [2.05, 4.69) is 20.3 Å². The van der Waals surface area contributed by atoms with E-state index >= 15 is 0 Å². The Hall–Kier alpha value is -3.93. The lowest BCUT2D eigenvalue weighted by Crippen LogP contribution is -2.45. The normalized spacial score (nSPS) is 12.0. The van der Waals surface area contributed by atoms with Crippen LogP contribution in [0.3, 0.4) is 0 Å². The summed E-state index contributed by atoms with van der Waals surface area (Å²) in [7, 11) is 0. The van der Waals surface area contributed by atoms with E-state index in [1.165, 1.54) is 10.9 Å². The number of carbonyl (C=O) groups excluding carboxylic acids is 2. The highest BCUT2D eigenvalue weighted by molar-refractivity contribution is 5.81. The quantitative estimate of drug-likeness (QED) is 0.299. The Bertz CT molecular complexity index is 1140. The monoisotopic (exact) mass is 458 g/mol. The molecule has 0 spiro atoms. The third kappa shape index (κ3) is 6.53. The number of alkyl carbamates (subject to hydrolysis) is 1. The molecule has 0 radical (unpaired) electrons. The molecule has 0 aliphatic carbocycles. The number of imidazole rings is 1. The second-order valence-corrected chi connectivity index (χ2v) is 7.47. The molecule has 2 aromatic heterocycles. The van der Waals surface area contributed by atoms with Gasteiger partial charge in [-0.25, -0.2) is 14.6 Å². The third-order valence-electron chi connectivity index (χ3n) is 4.60. The topological polar surface area (TPSA) is 163 Å². The summed E-state index contributed by atoms with van der Waals surface area (Å²) in [4.78, 5) is 46.7. The van der Waals surface area contributed by atoms with Gasteiger partial charge in [0.15, 0.2) is 11.2 Å². The van der Waals surface area contributed by atoms with Gasteiger partial charge in [0.05, 0.1) is 12.9 Å². The van der Waals surface area contributed by atoms with Crippen LogP contribution in [0.2, 0.25) is 0 Å². The molecule has 176 valence electrons. The summed E-state index contributed by atoms with van der Waals surface area (Å²) in [5.74, 6) is -0.841. The number of aromatic nitrogens is 4. The fourth-order valence-corrected chi connectivity index (χ4v) is 2.91. The molecule has 33 heavy (non-hydrogen) atoms. The first-order chi connectivity index (χ1) is 15.8. The summed E-state index contributed by atoms with van der Waals surface area (Å²) in [6.45, 7) is 3.73. The van der Waals surface area contributed by atoms with Gasteiger partial charge in [-0.1, -0.05) is 44.2 Å². The lowest BCUT2D eigenvalue weighted by Gasteiger charge is -2.20. The van der Waals surface area contributed by atoms with Crippen LogP contribution in [0.1, 0.15) is 19.4 Å². The van der Waals surface area contributed by atoms with Crippen LogP contribution in [-0.2, 0) is 32.3 Å². The number of benzene rings is 1. The molecule has 3 rings (SSSR count). The number of nitrogens with one attached hydrogen (secondary N) is 2. The summed E-state index contributed by atoms with van der Waals surface area (Å²) in [6.07, 6.45) is 0.692. The summed E-state index contributed by atoms with van der Waals surface area (Å²) in [5.41, 5.74) is 6.37. The zero-order valence-electron chi connectivity index (χ0n) is 18.3. The number of hydrogen-bond donors (Lipinski definition) is 3. The molecule has 1 unspecified atom stereocenters. The molecule has 12 heteroatoms. The Morgan fingerprint density at radius 2 is 1.94 bits per heavy atom. The Morgan fingerprint density at radius 1 is 1.18 bits per heavy atom. The summed E-state index contributed by atoms with van der Waals surface area (Å²) in [5, 5.41) is 2.54. The van der Waals surface area contributed by atoms with Gasteiger partial charge in [0.25, 0.3) is 5.56 Å². The molecule has 1 atom stereocenters. The van der Waals surface area contributed by atoms with Gasteiger partial charge in [0.2, 0.25) is 5.95 Å². The van der Waals surface area contributed by atoms with Gasteiger partial charge < -0.3 is 25.3 Å². The number of esters is 1. The number of ether oxygens (including phenoxy) is 3. The van der Waals surface area contributed by atoms with Crippen LogP contribution < -0.4 is 16.6 Å². The minimum absolute atomic E-state index is 0.0294. The van der Waals surface area contributed by atoms with E-state index in [1.54, 1.807) is 13.8 Å². The molecule has 0 aliphatic rings. The predicted octanol–water partition coefficient (Wildman–Crippen LogP) is 1.17. The highest BCUT2D eigenvalue weighted by Crippen LogP contribution is 2.08. The van der Waals surface area contributed by atoms with Crippen molar-refractivity contribution >= 4 is 29.2 Å². The molecule has 2 heterocycles. The number of nitrogens with zero attached hydrogens (tertiary/aromatic N) is 3. The summed E-state index contributed by atoms with van der Waals surface area (Å²) >= 11 is 0. The van der Waals surface area contributed by atoms with Crippen molar-refractivity contribution in [2.24, 2.45) is 5.92 Å². The molecule has 4 N–H and O–H groups in total. The number of carbonyl (C=O) groups is 2. The molecule has 0 fully saturated rings. The molecule has 12 nitrogen and oxygen atoms in total. The van der Waals surface area contributed by atoms with Crippen molar-refractivity contribution < 1.29 is 23.8 Å². The van der Waals surface area contributed by atoms with E-state index in [0.717, 1.165) is 5.56 Å². The highest BCUT2D eigenvalue weighted by Gasteiger charge is 2.26. The van der Waals surface area contributed by atoms with Crippen LogP contribution >= 0.6 is 0 Å². The molecular weight excluding hydrogens is 432 g/mol. The van der Waals surface area contributed by atoms with Gasteiger partial charge in [-0.15, -0.1) is 0 Å². The number of H-pyrrole nitrogens is 1. The second kappa shape index (κ2) is 11.1. The molecule has 1 aromatic carbocycles. The van der Waals surface area contributed by atoms with Gasteiger partial charge in [-0.05, 0) is 11.5 Å². The maximum Gasteiger partial charge on any atom is 0.408 e. The Balaban J connectivity index is 1.42. The van der Waals surface area contributed by atoms with Gasteiger partial charge in [0.1, 0.15) is 26.0 Å². The zero-order chi connectivity index (χ0) is 23.8. The minimum Gasteiger partial charge on any atom is -0.462 e. The van der Waals surface area contributed by atoms with Crippen LogP contribution in [-0.4, -0.2) is 50.8 Å². The highest BCUT2D eigenvalue weighted by atomic mass is 16.6. The van der Waals surface area contributed by atoms with Crippen LogP contribution in [0, 0.1) is 5.92 Å². The molecule has 3 aromatic rings. The molecule has 0 aliphatic heterocycles. The molecule has 0 saturated heterocycles. The Labute approximate surface area is 189 Å². The standard InChI is InChI=1S/C21H26N6O6/c1-13(2)15(24-21(30)33-10-14-6-4-3-5-7-14)19(29)32-9-8-31-12-27-11-23-16-17(27)25-20(22)26-18(16)28/h3-7,11,13,15H,8-10,12H2,1-2H3,(H,24,30)(H3,22,25,26,28). The van der Waals surface area contributed by atoms with E-state index in [1.807, 2.05) is 30.3 Å². The fraction of sp³-hybridized carbons (Fsp3) is 0.381. The molecule has 1 amide bonds. The number of nitrogen functional groups attached to an aromatic ring is 1. The lowest BCUT2D eigenvalue weighted by atomic mass is 10.1. The van der Waals surface area contributed by atoms with Crippen molar-refractivity contribution in [2.45, 2.75) is 33.2 Å². The first-order valence-electron chi connectivity index (χ1n) is 10.3. The lowest BCUT2D eigenvalue weighted by molar-refractivity contribution is -0.149. The summed E-state index contributed by atoms with van der Waals surface area (Å²) in [6, 6.07) is 8.34. The third-order valence-corrected chi connectivity index (χ3v) is 4.60. The van der Waals surface area contributed by atoms with E-state index < -0.39 is 23.7 Å². The number of rotatable bonds is 10. The maximum absolute atomic E-state index is 12.4. The van der Waals surface area contributed by atoms with Crippen LogP contribution in [0.5, 0.6) is 0 Å². The number of amides is 1. The molecule has 0 bridgehead atoms. The number of fused-ring (bicyclic) bond motifs is 1. The van der Waals surface area contributed by atoms with Crippen molar-refractivity contribution in [1.82, 2.24) is 24.8 Å². The molecule has 0 saturated carbocycles. The van der Waals surface area contributed by atoms with Crippen molar-refractivity contribution in [3.8, 4) is 0 Å². The Kier molecular flexibility index (Phi) is 7.97. The van der Waals surface area contributed by atoms with Crippen molar-refractivity contribution in [1.29, 1.82) is 0 Å². The van der Waals surface area contributed by atoms with Crippen molar-refractivity contribution in [3.05, 3.63) is 52.6 Å². The fourth-order valence-electron chi connectivity index (χ4n) is 2.91. The van der Waals surface area contributed by atoms with Crippen LogP contribution in [0.15, 0.2) is 41.5 Å². The number of anilines is 1. The van der Waals surface area contributed by atoms with E-state index in [4.69, 9.17) is 19.9 Å². The van der Waals surface area contributed by atoms with E-state index in [9.17, 15) is 14.4 Å². The SMILES string of the molecule is CC(C)C(NC(=O)OCc1ccccc1)C(=O)OCCOCn1cnc2c(=O)[nH]c(N)nc21. The predicted molar refractivity (Wildman–Crippen MR) is 118 cm³/mol. The van der Waals surface area contributed by atoms with Crippen LogP contribution in [0.4, 0.5) is 10.7 Å². The summed E-state index contributed by atoms with van der Waals surface area (Å²) < 4.78 is 17.4. The number of aromatic amines is 1. The van der Waals surface area contributed by atoms with Gasteiger partial charge in [0, 0.05) is 0 Å². The van der Waals surface area contributed by atoms with Crippen molar-refractivity contribution in [2.75, 3.05) is 18.9 Å². The maximum atomic E-state index is 12.4. The largest absolute Gasteiger partial charge is 0.462 e. The van der Waals surface area contributed by atoms with E-state index in [0.29, 0.717) is 0 Å². The minimum atomic E-state index is -0.871. The van der Waals surface area contributed by atoms with Gasteiger partial charge >= 0.3 is 12.1 Å². The zero-order valence-corrected chi connectivity index (χ0v) is 18.3. The average molecular weight is 458 g/mol. The van der Waals surface area contributed by atoms with E-state index in [-0.39, 0.29) is 49.6 Å².